The normalized spacial score (nSPS) is 37.6. The van der Waals surface area contributed by atoms with Crippen LogP contribution in [0.25, 0.3) is 0 Å². The summed E-state index contributed by atoms with van der Waals surface area (Å²) in [7, 11) is -3.44. The van der Waals surface area contributed by atoms with Crippen LogP contribution in [0, 0.1) is 17.3 Å². The zero-order chi connectivity index (χ0) is 13.4. The van der Waals surface area contributed by atoms with Crippen molar-refractivity contribution in [2.24, 2.45) is 22.4 Å². The van der Waals surface area contributed by atoms with E-state index < -0.39 is 10.0 Å². The molecule has 0 amide bonds. The first kappa shape index (κ1) is 14.3. The first-order valence-corrected chi connectivity index (χ1v) is 8.66. The van der Waals surface area contributed by atoms with Crippen molar-refractivity contribution in [1.82, 2.24) is 0 Å². The van der Waals surface area contributed by atoms with E-state index in [9.17, 15) is 8.42 Å². The predicted molar refractivity (Wildman–Crippen MR) is 71.6 cm³/mol. The minimum Gasteiger partial charge on any atom is -0.377 e. The van der Waals surface area contributed by atoms with Crippen molar-refractivity contribution in [1.29, 1.82) is 0 Å². The molecule has 2 rings (SSSR count). The van der Waals surface area contributed by atoms with Gasteiger partial charge in [-0.25, -0.2) is 13.6 Å². The van der Waals surface area contributed by atoms with Gasteiger partial charge in [0.05, 0.1) is 11.9 Å². The molecule has 1 unspecified atom stereocenters. The van der Waals surface area contributed by atoms with Gasteiger partial charge in [-0.15, -0.1) is 0 Å². The fraction of sp³-hybridized carbons (Fsp3) is 1.00. The number of sulfonamides is 1. The number of hydrogen-bond acceptors (Lipinski definition) is 3. The Hall–Kier alpha value is -0.130. The van der Waals surface area contributed by atoms with E-state index in [0.29, 0.717) is 6.61 Å². The molecular weight excluding hydrogens is 250 g/mol. The van der Waals surface area contributed by atoms with E-state index in [4.69, 9.17) is 9.88 Å². The zero-order valence-corrected chi connectivity index (χ0v) is 12.2. The molecule has 0 aromatic rings. The summed E-state index contributed by atoms with van der Waals surface area (Å²) in [5.41, 5.74) is 0.0812. The number of hydrogen-bond donors (Lipinski definition) is 1. The zero-order valence-electron chi connectivity index (χ0n) is 11.4. The molecular formula is C13H25NO3S. The molecule has 1 heterocycles. The molecule has 18 heavy (non-hydrogen) atoms. The first-order chi connectivity index (χ1) is 8.32. The van der Waals surface area contributed by atoms with E-state index in [-0.39, 0.29) is 17.3 Å². The molecule has 1 aliphatic heterocycles. The smallest absolute Gasteiger partial charge is 0.211 e. The van der Waals surface area contributed by atoms with Gasteiger partial charge in [-0.05, 0) is 49.4 Å². The van der Waals surface area contributed by atoms with Gasteiger partial charge in [0.25, 0.3) is 0 Å². The van der Waals surface area contributed by atoms with E-state index in [0.717, 1.165) is 31.1 Å². The van der Waals surface area contributed by atoms with Gasteiger partial charge in [0.15, 0.2) is 0 Å². The van der Waals surface area contributed by atoms with Crippen molar-refractivity contribution in [3.05, 3.63) is 0 Å². The summed E-state index contributed by atoms with van der Waals surface area (Å²) < 4.78 is 28.2. The van der Waals surface area contributed by atoms with Crippen molar-refractivity contribution >= 4 is 10.0 Å². The van der Waals surface area contributed by atoms with Gasteiger partial charge >= 0.3 is 0 Å². The van der Waals surface area contributed by atoms with Crippen LogP contribution in [0.3, 0.4) is 0 Å². The highest BCUT2D eigenvalue weighted by atomic mass is 32.2. The minimum absolute atomic E-state index is 0.0145. The summed E-state index contributed by atoms with van der Waals surface area (Å²) in [5, 5.41) is 5.17. The lowest BCUT2D eigenvalue weighted by molar-refractivity contribution is 0.0288. The van der Waals surface area contributed by atoms with Gasteiger partial charge in [-0.1, -0.05) is 13.8 Å². The van der Waals surface area contributed by atoms with Gasteiger partial charge in [0, 0.05) is 6.61 Å². The van der Waals surface area contributed by atoms with Crippen LogP contribution < -0.4 is 5.14 Å². The highest BCUT2D eigenvalue weighted by Gasteiger charge is 2.47. The average Bonchev–Trinajstić information content (AvgIpc) is 2.60. The molecule has 0 bridgehead atoms. The fourth-order valence-electron chi connectivity index (χ4n) is 3.63. The maximum absolute atomic E-state index is 11.3. The number of rotatable bonds is 3. The maximum atomic E-state index is 11.3. The fourth-order valence-corrected chi connectivity index (χ4v) is 4.50. The van der Waals surface area contributed by atoms with Crippen LogP contribution >= 0.6 is 0 Å². The molecule has 2 aliphatic rings. The second-order valence-electron chi connectivity index (χ2n) is 6.38. The Morgan fingerprint density at radius 3 is 2.39 bits per heavy atom. The van der Waals surface area contributed by atoms with E-state index in [2.05, 4.69) is 13.8 Å². The highest BCUT2D eigenvalue weighted by Crippen LogP contribution is 2.50. The van der Waals surface area contributed by atoms with Gasteiger partial charge in [-0.2, -0.15) is 0 Å². The van der Waals surface area contributed by atoms with Gasteiger partial charge in [-0.3, -0.25) is 0 Å². The van der Waals surface area contributed by atoms with Crippen LogP contribution in [0.15, 0.2) is 0 Å². The van der Waals surface area contributed by atoms with Crippen molar-refractivity contribution in [2.45, 2.75) is 52.1 Å². The van der Waals surface area contributed by atoms with Crippen molar-refractivity contribution in [3.63, 3.8) is 0 Å². The molecule has 106 valence electrons. The first-order valence-electron chi connectivity index (χ1n) is 6.94. The molecule has 2 fully saturated rings. The Morgan fingerprint density at radius 2 is 1.89 bits per heavy atom. The van der Waals surface area contributed by atoms with E-state index in [1.807, 2.05) is 0 Å². The van der Waals surface area contributed by atoms with Crippen LogP contribution in [-0.2, 0) is 14.8 Å². The Kier molecular flexibility index (Phi) is 4.04. The highest BCUT2D eigenvalue weighted by molar-refractivity contribution is 7.89. The summed E-state index contributed by atoms with van der Waals surface area (Å²) in [4.78, 5) is 0. The number of ether oxygens (including phenoxy) is 1. The van der Waals surface area contributed by atoms with E-state index >= 15 is 0 Å². The van der Waals surface area contributed by atoms with Crippen molar-refractivity contribution < 1.29 is 13.2 Å². The van der Waals surface area contributed by atoms with Gasteiger partial charge < -0.3 is 4.74 Å². The number of nitrogens with two attached hydrogens (primary N) is 1. The second-order valence-corrected chi connectivity index (χ2v) is 8.04. The lowest BCUT2D eigenvalue weighted by Crippen LogP contribution is -2.41. The summed E-state index contributed by atoms with van der Waals surface area (Å²) in [6, 6.07) is 0. The maximum Gasteiger partial charge on any atom is 0.211 e. The van der Waals surface area contributed by atoms with Gasteiger partial charge in [0.1, 0.15) is 0 Å². The SMILES string of the molecule is CC(C)C1CCC2(CCOC2CS(N)(=O)=O)CC1. The molecule has 0 radical (unpaired) electrons. The third-order valence-electron chi connectivity index (χ3n) is 4.95. The molecule has 2 N–H and O–H groups in total. The molecule has 1 aliphatic carbocycles. The molecule has 5 heteroatoms. The molecule has 1 saturated carbocycles. The summed E-state index contributed by atoms with van der Waals surface area (Å²) in [6.07, 6.45) is 5.40. The Labute approximate surface area is 110 Å². The lowest BCUT2D eigenvalue weighted by Gasteiger charge is -2.41. The Morgan fingerprint density at radius 1 is 1.28 bits per heavy atom. The van der Waals surface area contributed by atoms with Crippen molar-refractivity contribution in [2.75, 3.05) is 12.4 Å². The van der Waals surface area contributed by atoms with Crippen LogP contribution in [0.5, 0.6) is 0 Å². The third kappa shape index (κ3) is 3.06. The predicted octanol–water partition coefficient (Wildman–Crippen LogP) is 1.90. The Balaban J connectivity index is 2.03. The van der Waals surface area contributed by atoms with Crippen LogP contribution in [-0.4, -0.2) is 26.9 Å². The number of primary sulfonamides is 1. The molecule has 4 nitrogen and oxygen atoms in total. The molecule has 0 aromatic heterocycles. The molecule has 1 saturated heterocycles. The van der Waals surface area contributed by atoms with E-state index in [1.165, 1.54) is 12.8 Å². The Bertz CT molecular complexity index is 383. The monoisotopic (exact) mass is 275 g/mol. The molecule has 1 spiro atoms. The van der Waals surface area contributed by atoms with Crippen LogP contribution in [0.4, 0.5) is 0 Å². The second kappa shape index (κ2) is 5.10. The van der Waals surface area contributed by atoms with Crippen LogP contribution in [0.2, 0.25) is 0 Å². The quantitative estimate of drug-likeness (QED) is 0.855. The molecule has 0 aromatic carbocycles. The largest absolute Gasteiger partial charge is 0.377 e. The third-order valence-corrected chi connectivity index (χ3v) is 5.72. The topological polar surface area (TPSA) is 69.4 Å². The summed E-state index contributed by atoms with van der Waals surface area (Å²) in [6.45, 7) is 5.23. The van der Waals surface area contributed by atoms with E-state index in [1.54, 1.807) is 0 Å². The van der Waals surface area contributed by atoms with Gasteiger partial charge in [0.2, 0.25) is 10.0 Å². The minimum atomic E-state index is -3.44. The average molecular weight is 275 g/mol. The standard InChI is InChI=1S/C13H25NO3S/c1-10(2)11-3-5-13(6-4-11)7-8-17-12(13)9-18(14,15)16/h10-12H,3-9H2,1-2H3,(H2,14,15,16). The summed E-state index contributed by atoms with van der Waals surface area (Å²) >= 11 is 0. The summed E-state index contributed by atoms with van der Waals surface area (Å²) in [5.74, 6) is 1.49. The van der Waals surface area contributed by atoms with Crippen LogP contribution in [0.1, 0.15) is 46.0 Å². The molecule has 1 atom stereocenters. The lowest BCUT2D eigenvalue weighted by atomic mass is 9.65. The van der Waals surface area contributed by atoms with Crippen molar-refractivity contribution in [3.8, 4) is 0 Å².